The Morgan fingerprint density at radius 3 is 2.94 bits per heavy atom. The fourth-order valence-corrected chi connectivity index (χ4v) is 1.80. The van der Waals surface area contributed by atoms with Gasteiger partial charge in [-0.05, 0) is 12.1 Å². The number of carbonyl (C=O) groups excluding carboxylic acids is 1. The first-order valence-electron chi connectivity index (χ1n) is 4.70. The molecule has 1 aromatic rings. The van der Waals surface area contributed by atoms with Crippen LogP contribution in [0.2, 0.25) is 0 Å². The van der Waals surface area contributed by atoms with E-state index >= 15 is 0 Å². The highest BCUT2D eigenvalue weighted by Gasteiger charge is 2.12. The molecule has 0 aliphatic heterocycles. The first kappa shape index (κ1) is 12.8. The summed E-state index contributed by atoms with van der Waals surface area (Å²) in [5.74, 6) is -0.501. The summed E-state index contributed by atoms with van der Waals surface area (Å²) >= 11 is 1.32. The minimum absolute atomic E-state index is 0.0221. The van der Waals surface area contributed by atoms with Crippen LogP contribution in [-0.4, -0.2) is 35.0 Å². The summed E-state index contributed by atoms with van der Waals surface area (Å²) < 4.78 is 4.56. The van der Waals surface area contributed by atoms with Gasteiger partial charge in [-0.15, -0.1) is 0 Å². The Morgan fingerprint density at radius 2 is 2.38 bits per heavy atom. The predicted molar refractivity (Wildman–Crippen MR) is 62.4 cm³/mol. The van der Waals surface area contributed by atoms with Crippen LogP contribution in [0.4, 0.5) is 5.69 Å². The van der Waals surface area contributed by atoms with Crippen LogP contribution in [0.3, 0.4) is 0 Å². The molecule has 0 bridgehead atoms. The molecule has 88 valence electrons. The Labute approximate surface area is 98.0 Å². The molecule has 0 aromatic carbocycles. The molecule has 0 spiro atoms. The van der Waals surface area contributed by atoms with Gasteiger partial charge in [-0.2, -0.15) is 0 Å². The van der Waals surface area contributed by atoms with Crippen LogP contribution in [0.15, 0.2) is 17.2 Å². The maximum absolute atomic E-state index is 11.2. The van der Waals surface area contributed by atoms with Crippen LogP contribution in [0, 0.1) is 0 Å². The van der Waals surface area contributed by atoms with E-state index in [0.717, 1.165) is 0 Å². The van der Waals surface area contributed by atoms with E-state index in [-0.39, 0.29) is 17.6 Å². The first-order valence-corrected chi connectivity index (χ1v) is 5.58. The molecule has 16 heavy (non-hydrogen) atoms. The van der Waals surface area contributed by atoms with E-state index in [1.807, 2.05) is 6.92 Å². The van der Waals surface area contributed by atoms with Gasteiger partial charge in [0.25, 0.3) is 0 Å². The number of aliphatic hydroxyl groups is 1. The van der Waals surface area contributed by atoms with Crippen LogP contribution in [-0.2, 0) is 4.74 Å². The van der Waals surface area contributed by atoms with Crippen molar-refractivity contribution < 1.29 is 14.6 Å². The molecule has 0 aliphatic carbocycles. The third kappa shape index (κ3) is 3.11. The molecular formula is C10H14N2O3S. The lowest BCUT2D eigenvalue weighted by Gasteiger charge is -2.09. The zero-order valence-corrected chi connectivity index (χ0v) is 9.95. The Morgan fingerprint density at radius 1 is 1.69 bits per heavy atom. The Bertz CT molecular complexity index is 384. The lowest BCUT2D eigenvalue weighted by Crippen LogP contribution is -2.08. The lowest BCUT2D eigenvalue weighted by atomic mass is 10.3. The van der Waals surface area contributed by atoms with Crippen LogP contribution in [0.25, 0.3) is 0 Å². The summed E-state index contributed by atoms with van der Waals surface area (Å²) in [7, 11) is 1.30. The molecule has 1 unspecified atom stereocenters. The number of aliphatic hydroxyl groups excluding tert-OH is 1. The van der Waals surface area contributed by atoms with Crippen molar-refractivity contribution in [1.82, 2.24) is 4.98 Å². The average molecular weight is 242 g/mol. The summed E-state index contributed by atoms with van der Waals surface area (Å²) in [5.41, 5.74) is 6.41. The average Bonchev–Trinajstić information content (AvgIpc) is 2.30. The number of hydrogen-bond acceptors (Lipinski definition) is 6. The molecule has 0 aliphatic rings. The van der Waals surface area contributed by atoms with Gasteiger partial charge >= 0.3 is 5.97 Å². The molecule has 0 radical (unpaired) electrons. The Hall–Kier alpha value is -1.27. The Kier molecular flexibility index (Phi) is 4.57. The number of thioether (sulfide) groups is 1. The molecule has 0 saturated carbocycles. The van der Waals surface area contributed by atoms with Crippen molar-refractivity contribution in [3.05, 3.63) is 17.8 Å². The maximum atomic E-state index is 11.2. The fraction of sp³-hybridized carbons (Fsp3) is 0.400. The number of rotatable bonds is 4. The highest BCUT2D eigenvalue weighted by molar-refractivity contribution is 8.00. The van der Waals surface area contributed by atoms with Gasteiger partial charge in [0.15, 0.2) is 0 Å². The van der Waals surface area contributed by atoms with Crippen molar-refractivity contribution in [1.29, 1.82) is 0 Å². The number of hydrogen-bond donors (Lipinski definition) is 2. The second kappa shape index (κ2) is 5.72. The van der Waals surface area contributed by atoms with Crippen molar-refractivity contribution in [2.75, 3.05) is 19.5 Å². The standard InChI is InChI=1S/C10H14N2O3S/c1-6(5-13)16-9-7(11)3-4-8(12-9)10(14)15-2/h3-4,6,13H,5,11H2,1-2H3. The molecule has 0 fully saturated rings. The minimum atomic E-state index is -0.501. The summed E-state index contributed by atoms with van der Waals surface area (Å²) in [6.45, 7) is 1.87. The van der Waals surface area contributed by atoms with Crippen molar-refractivity contribution in [2.24, 2.45) is 0 Å². The molecule has 0 amide bonds. The molecule has 3 N–H and O–H groups in total. The van der Waals surface area contributed by atoms with Gasteiger partial charge in [0.05, 0.1) is 19.4 Å². The van der Waals surface area contributed by atoms with Crippen LogP contribution >= 0.6 is 11.8 Å². The quantitative estimate of drug-likeness (QED) is 0.603. The number of nitrogens with two attached hydrogens (primary N) is 1. The second-order valence-electron chi connectivity index (χ2n) is 3.19. The smallest absolute Gasteiger partial charge is 0.356 e. The number of aromatic nitrogens is 1. The highest BCUT2D eigenvalue weighted by atomic mass is 32.2. The van der Waals surface area contributed by atoms with E-state index < -0.39 is 5.97 Å². The van der Waals surface area contributed by atoms with Crippen LogP contribution in [0.1, 0.15) is 17.4 Å². The molecule has 1 aromatic heterocycles. The van der Waals surface area contributed by atoms with E-state index in [1.165, 1.54) is 24.9 Å². The van der Waals surface area contributed by atoms with Crippen LogP contribution in [0.5, 0.6) is 0 Å². The number of methoxy groups -OCH3 is 1. The molecule has 1 heterocycles. The third-order valence-corrected chi connectivity index (χ3v) is 2.96. The molecule has 5 nitrogen and oxygen atoms in total. The van der Waals surface area contributed by atoms with Gasteiger partial charge in [0, 0.05) is 5.25 Å². The second-order valence-corrected chi connectivity index (χ2v) is 4.62. The summed E-state index contributed by atoms with van der Waals surface area (Å²) in [4.78, 5) is 15.3. The normalized spacial score (nSPS) is 12.2. The number of carbonyl (C=O) groups is 1. The van der Waals surface area contributed by atoms with E-state index in [4.69, 9.17) is 10.8 Å². The fourth-order valence-electron chi connectivity index (χ4n) is 0.992. The van der Waals surface area contributed by atoms with E-state index in [1.54, 1.807) is 6.07 Å². The van der Waals surface area contributed by atoms with E-state index in [9.17, 15) is 4.79 Å². The molecule has 1 rings (SSSR count). The lowest BCUT2D eigenvalue weighted by molar-refractivity contribution is 0.0593. The minimum Gasteiger partial charge on any atom is -0.464 e. The molecule has 6 heteroatoms. The summed E-state index contributed by atoms with van der Waals surface area (Å²) in [6, 6.07) is 3.11. The number of anilines is 1. The van der Waals surface area contributed by atoms with Crippen molar-refractivity contribution in [3.63, 3.8) is 0 Å². The topological polar surface area (TPSA) is 85.4 Å². The predicted octanol–water partition coefficient (Wildman–Crippen LogP) is 0.923. The first-order chi connectivity index (χ1) is 7.58. The van der Waals surface area contributed by atoms with E-state index in [0.29, 0.717) is 10.7 Å². The van der Waals surface area contributed by atoms with Gasteiger partial charge in [-0.3, -0.25) is 0 Å². The van der Waals surface area contributed by atoms with E-state index in [2.05, 4.69) is 9.72 Å². The molecule has 0 saturated heterocycles. The third-order valence-electron chi connectivity index (χ3n) is 1.85. The van der Waals surface area contributed by atoms with Crippen molar-refractivity contribution >= 4 is 23.4 Å². The van der Waals surface area contributed by atoms with Gasteiger partial charge in [0.1, 0.15) is 10.7 Å². The maximum Gasteiger partial charge on any atom is 0.356 e. The molecular weight excluding hydrogens is 228 g/mol. The monoisotopic (exact) mass is 242 g/mol. The SMILES string of the molecule is COC(=O)c1ccc(N)c(SC(C)CO)n1. The number of pyridine rings is 1. The van der Waals surface area contributed by atoms with Crippen LogP contribution < -0.4 is 5.73 Å². The summed E-state index contributed by atoms with van der Waals surface area (Å²) in [6.07, 6.45) is 0. The van der Waals surface area contributed by atoms with Crippen molar-refractivity contribution in [3.8, 4) is 0 Å². The number of nitrogens with zero attached hydrogens (tertiary/aromatic N) is 1. The number of esters is 1. The zero-order valence-electron chi connectivity index (χ0n) is 9.14. The largest absolute Gasteiger partial charge is 0.464 e. The van der Waals surface area contributed by atoms with Crippen molar-refractivity contribution in [2.45, 2.75) is 17.2 Å². The Balaban J connectivity index is 2.94. The van der Waals surface area contributed by atoms with Gasteiger partial charge in [0.2, 0.25) is 0 Å². The molecule has 1 atom stereocenters. The number of nitrogen functional groups attached to an aromatic ring is 1. The zero-order chi connectivity index (χ0) is 12.1. The summed E-state index contributed by atoms with van der Waals surface area (Å²) in [5, 5.41) is 9.44. The van der Waals surface area contributed by atoms with Gasteiger partial charge < -0.3 is 15.6 Å². The number of ether oxygens (including phenoxy) is 1. The van der Waals surface area contributed by atoms with Gasteiger partial charge in [-0.1, -0.05) is 18.7 Å². The highest BCUT2D eigenvalue weighted by Crippen LogP contribution is 2.26. The van der Waals surface area contributed by atoms with Gasteiger partial charge in [-0.25, -0.2) is 9.78 Å².